The number of thiophene rings is 1. The second kappa shape index (κ2) is 9.20. The molecule has 0 unspecified atom stereocenters. The summed E-state index contributed by atoms with van der Waals surface area (Å²) in [5, 5.41) is 14.5. The fourth-order valence-corrected chi connectivity index (χ4v) is 6.08. The lowest BCUT2D eigenvalue weighted by Crippen LogP contribution is -2.38. The highest BCUT2D eigenvalue weighted by atomic mass is 32.1. The highest BCUT2D eigenvalue weighted by Gasteiger charge is 2.31. The smallest absolute Gasteiger partial charge is 0.225 e. The second-order valence-electron chi connectivity index (χ2n) is 10.0. The zero-order valence-corrected chi connectivity index (χ0v) is 21.4. The summed E-state index contributed by atoms with van der Waals surface area (Å²) in [6, 6.07) is 4.08. The molecular formula is C26H31N5O3S. The lowest BCUT2D eigenvalue weighted by molar-refractivity contribution is -0.135. The number of anilines is 2. The molecule has 0 saturated carbocycles. The first-order chi connectivity index (χ1) is 16.7. The van der Waals surface area contributed by atoms with E-state index in [4.69, 9.17) is 4.74 Å². The number of aliphatic imine (C=N–C) groups is 1. The van der Waals surface area contributed by atoms with Crippen LogP contribution in [0.3, 0.4) is 0 Å². The zero-order chi connectivity index (χ0) is 24.7. The molecule has 9 heteroatoms. The van der Waals surface area contributed by atoms with Gasteiger partial charge in [0.1, 0.15) is 22.7 Å². The van der Waals surface area contributed by atoms with Gasteiger partial charge in [-0.1, -0.05) is 0 Å². The van der Waals surface area contributed by atoms with Gasteiger partial charge in [-0.15, -0.1) is 11.3 Å². The van der Waals surface area contributed by atoms with Gasteiger partial charge in [-0.2, -0.15) is 0 Å². The monoisotopic (exact) mass is 493 g/mol. The van der Waals surface area contributed by atoms with Crippen molar-refractivity contribution in [3.8, 4) is 5.75 Å². The van der Waals surface area contributed by atoms with Crippen LogP contribution in [0.15, 0.2) is 23.5 Å². The lowest BCUT2D eigenvalue weighted by atomic mass is 9.86. The van der Waals surface area contributed by atoms with E-state index in [1.54, 1.807) is 43.5 Å². The Bertz CT molecular complexity index is 1310. The summed E-state index contributed by atoms with van der Waals surface area (Å²) < 4.78 is 5.64. The molecule has 184 valence electrons. The molecule has 0 fully saturated rings. The first-order valence-corrected chi connectivity index (χ1v) is 12.8. The van der Waals surface area contributed by atoms with E-state index in [2.05, 4.69) is 26.3 Å². The van der Waals surface area contributed by atoms with E-state index in [1.807, 2.05) is 19.3 Å². The maximum atomic E-state index is 13.1. The van der Waals surface area contributed by atoms with E-state index in [0.717, 1.165) is 51.4 Å². The maximum absolute atomic E-state index is 13.1. The number of carbonyl (C=O) groups excluding carboxylic acids is 1. The highest BCUT2D eigenvalue weighted by Crippen LogP contribution is 2.42. The molecule has 8 nitrogen and oxygen atoms in total. The number of nitrogens with one attached hydrogen (secondary N) is 1. The van der Waals surface area contributed by atoms with Gasteiger partial charge in [0.25, 0.3) is 0 Å². The molecule has 2 N–H and O–H groups in total. The van der Waals surface area contributed by atoms with E-state index in [9.17, 15) is 9.90 Å². The predicted octanol–water partition coefficient (Wildman–Crippen LogP) is 4.10. The normalized spacial score (nSPS) is 16.8. The van der Waals surface area contributed by atoms with E-state index in [-0.39, 0.29) is 11.8 Å². The number of amides is 1. The Morgan fingerprint density at radius 1 is 1.34 bits per heavy atom. The van der Waals surface area contributed by atoms with Gasteiger partial charge in [-0.3, -0.25) is 9.79 Å². The molecule has 0 spiro atoms. The van der Waals surface area contributed by atoms with Gasteiger partial charge in [0.05, 0.1) is 30.3 Å². The van der Waals surface area contributed by atoms with Crippen LogP contribution in [-0.2, 0) is 24.2 Å². The van der Waals surface area contributed by atoms with Crippen LogP contribution in [-0.4, -0.2) is 58.4 Å². The average Bonchev–Trinajstić information content (AvgIpc) is 3.44. The van der Waals surface area contributed by atoms with Gasteiger partial charge >= 0.3 is 0 Å². The molecule has 1 aromatic carbocycles. The van der Waals surface area contributed by atoms with Crippen molar-refractivity contribution in [3.05, 3.63) is 40.0 Å². The average molecular weight is 494 g/mol. The first-order valence-electron chi connectivity index (χ1n) is 11.9. The summed E-state index contributed by atoms with van der Waals surface area (Å²) in [5.41, 5.74) is 3.53. The maximum Gasteiger partial charge on any atom is 0.225 e. The van der Waals surface area contributed by atoms with Crippen molar-refractivity contribution in [1.29, 1.82) is 0 Å². The summed E-state index contributed by atoms with van der Waals surface area (Å²) in [5.74, 6) is 1.60. The molecule has 3 heterocycles. The largest absolute Gasteiger partial charge is 0.495 e. The highest BCUT2D eigenvalue weighted by molar-refractivity contribution is 7.19. The Balaban J connectivity index is 1.40. The van der Waals surface area contributed by atoms with Crippen LogP contribution in [0.1, 0.15) is 48.3 Å². The number of benzene rings is 1. The molecule has 0 bridgehead atoms. The summed E-state index contributed by atoms with van der Waals surface area (Å²) in [7, 11) is 3.50. The van der Waals surface area contributed by atoms with Crippen molar-refractivity contribution in [2.24, 2.45) is 10.9 Å². The Morgan fingerprint density at radius 3 is 2.94 bits per heavy atom. The van der Waals surface area contributed by atoms with E-state index >= 15 is 0 Å². The van der Waals surface area contributed by atoms with Crippen LogP contribution in [0.25, 0.3) is 10.2 Å². The van der Waals surface area contributed by atoms with Crippen LogP contribution < -0.4 is 10.1 Å². The fraction of sp³-hybridized carbons (Fsp3) is 0.462. The standard InChI is InChI=1S/C26H31N5O3S/c1-26(2,33)7-8-31(3)25(32)15-5-6-18-21(11-15)35-24-22(18)23(28-14-29-24)30-19-9-16-12-27-13-17(16)10-20(19)34-4/h9-10,12,14-15,33H,5-8,11,13H2,1-4H3,(H,28,29,30)/t15-/m0/s1. The van der Waals surface area contributed by atoms with E-state index in [0.29, 0.717) is 25.9 Å². The number of fused-ring (bicyclic) bond motifs is 4. The molecule has 1 aliphatic heterocycles. The van der Waals surface area contributed by atoms with Crippen LogP contribution in [0.5, 0.6) is 5.75 Å². The van der Waals surface area contributed by atoms with Crippen LogP contribution in [0.2, 0.25) is 0 Å². The minimum absolute atomic E-state index is 0.0529. The van der Waals surface area contributed by atoms with Crippen molar-refractivity contribution in [2.75, 3.05) is 26.0 Å². The van der Waals surface area contributed by atoms with Crippen LogP contribution in [0.4, 0.5) is 11.5 Å². The quantitative estimate of drug-likeness (QED) is 0.514. The van der Waals surface area contributed by atoms with Crippen molar-refractivity contribution >= 4 is 45.2 Å². The number of methoxy groups -OCH3 is 1. The van der Waals surface area contributed by atoms with Gasteiger partial charge in [0.15, 0.2) is 0 Å². The number of nitrogens with zero attached hydrogens (tertiary/aromatic N) is 4. The second-order valence-corrected chi connectivity index (χ2v) is 11.1. The van der Waals surface area contributed by atoms with Crippen LogP contribution >= 0.6 is 11.3 Å². The summed E-state index contributed by atoms with van der Waals surface area (Å²) >= 11 is 1.65. The number of hydrogen-bond donors (Lipinski definition) is 2. The Kier molecular flexibility index (Phi) is 6.23. The molecule has 3 aromatic rings. The number of carbonyl (C=O) groups is 1. The Hall–Kier alpha value is -3.04. The molecule has 5 rings (SSSR count). The number of hydrogen-bond acceptors (Lipinski definition) is 8. The van der Waals surface area contributed by atoms with Crippen molar-refractivity contribution < 1.29 is 14.6 Å². The summed E-state index contributed by atoms with van der Waals surface area (Å²) in [6.07, 6.45) is 6.33. The molecular weight excluding hydrogens is 462 g/mol. The minimum atomic E-state index is -0.782. The number of rotatable bonds is 7. The first kappa shape index (κ1) is 23.7. The molecule has 1 amide bonds. The molecule has 0 saturated heterocycles. The Morgan fingerprint density at radius 2 is 2.17 bits per heavy atom. The van der Waals surface area contributed by atoms with Gasteiger partial charge in [0, 0.05) is 30.6 Å². The third kappa shape index (κ3) is 4.75. The Labute approximate surface area is 209 Å². The number of aromatic nitrogens is 2. The van der Waals surface area contributed by atoms with E-state index in [1.165, 1.54) is 10.4 Å². The van der Waals surface area contributed by atoms with Crippen molar-refractivity contribution in [1.82, 2.24) is 14.9 Å². The summed E-state index contributed by atoms with van der Waals surface area (Å²) in [6.45, 7) is 4.77. The van der Waals surface area contributed by atoms with Crippen molar-refractivity contribution in [2.45, 2.75) is 51.7 Å². The predicted molar refractivity (Wildman–Crippen MR) is 139 cm³/mol. The molecule has 1 aliphatic carbocycles. The minimum Gasteiger partial charge on any atom is -0.495 e. The fourth-order valence-electron chi connectivity index (χ4n) is 4.81. The van der Waals surface area contributed by atoms with Gasteiger partial charge in [-0.05, 0) is 68.4 Å². The number of aryl methyl sites for hydroxylation is 1. The van der Waals surface area contributed by atoms with Gasteiger partial charge in [-0.25, -0.2) is 9.97 Å². The van der Waals surface area contributed by atoms with Gasteiger partial charge < -0.3 is 20.1 Å². The number of ether oxygens (including phenoxy) is 1. The third-order valence-corrected chi connectivity index (χ3v) is 8.00. The lowest BCUT2D eigenvalue weighted by Gasteiger charge is -2.28. The molecule has 0 radical (unpaired) electrons. The topological polar surface area (TPSA) is 99.9 Å². The summed E-state index contributed by atoms with van der Waals surface area (Å²) in [4.78, 5) is 30.5. The van der Waals surface area contributed by atoms with Gasteiger partial charge in [0.2, 0.25) is 5.91 Å². The molecule has 35 heavy (non-hydrogen) atoms. The van der Waals surface area contributed by atoms with Crippen molar-refractivity contribution in [3.63, 3.8) is 0 Å². The zero-order valence-electron chi connectivity index (χ0n) is 20.6. The molecule has 1 atom stereocenters. The van der Waals surface area contributed by atoms with Crippen LogP contribution in [0, 0.1) is 5.92 Å². The van der Waals surface area contributed by atoms with E-state index < -0.39 is 5.60 Å². The SMILES string of the molecule is COc1cc2c(cc1Nc1ncnc3sc4c(c13)CC[C@H](C(=O)N(C)CCC(C)(C)O)C4)C=NC2. The molecule has 2 aliphatic rings. The third-order valence-electron chi connectivity index (χ3n) is 6.84. The molecule has 2 aromatic heterocycles. The number of aliphatic hydroxyl groups is 1.